The number of aromatic nitrogens is 1. The van der Waals surface area contributed by atoms with E-state index < -0.39 is 23.8 Å². The Kier molecular flexibility index (Phi) is 3.49. The van der Waals surface area contributed by atoms with Crippen molar-refractivity contribution in [3.8, 4) is 11.8 Å². The quantitative estimate of drug-likeness (QED) is 0.792. The lowest BCUT2D eigenvalue weighted by Crippen LogP contribution is -2.20. The van der Waals surface area contributed by atoms with E-state index in [0.29, 0.717) is 17.0 Å². The zero-order valence-electron chi connectivity index (χ0n) is 11.3. The van der Waals surface area contributed by atoms with Crippen molar-refractivity contribution in [3.05, 3.63) is 59.4 Å². The molecule has 1 aromatic heterocycles. The molecule has 22 heavy (non-hydrogen) atoms. The molecule has 6 heteroatoms. The van der Waals surface area contributed by atoms with Gasteiger partial charge in [0.15, 0.2) is 0 Å². The number of ether oxygens (including phenoxy) is 1. The molecule has 0 radical (unpaired) electrons. The Labute approximate surface area is 125 Å². The molecule has 0 fully saturated rings. The molecule has 2 aromatic rings. The highest BCUT2D eigenvalue weighted by Gasteiger charge is 2.34. The Bertz CT molecular complexity index is 737. The molecule has 0 bridgehead atoms. The van der Waals surface area contributed by atoms with Crippen LogP contribution in [0, 0.1) is 11.3 Å². The number of pyridine rings is 1. The summed E-state index contributed by atoms with van der Waals surface area (Å²) in [7, 11) is 0. The Morgan fingerprint density at radius 3 is 2.77 bits per heavy atom. The van der Waals surface area contributed by atoms with Crippen LogP contribution in [0.25, 0.3) is 0 Å². The van der Waals surface area contributed by atoms with E-state index in [1.54, 1.807) is 24.4 Å². The summed E-state index contributed by atoms with van der Waals surface area (Å²) in [4.78, 5) is 4.13. The first-order valence-corrected chi connectivity index (χ1v) is 6.67. The molecule has 1 aliphatic rings. The first-order valence-electron chi connectivity index (χ1n) is 6.67. The summed E-state index contributed by atoms with van der Waals surface area (Å²) in [6, 6.07) is 10.5. The number of hydrogen-bond donors (Lipinski definition) is 0. The van der Waals surface area contributed by atoms with Crippen molar-refractivity contribution in [1.29, 1.82) is 5.26 Å². The van der Waals surface area contributed by atoms with Gasteiger partial charge in [0.25, 0.3) is 0 Å². The molecule has 0 amide bonds. The molecule has 0 N–H and O–H groups in total. The number of benzene rings is 1. The van der Waals surface area contributed by atoms with Crippen LogP contribution in [0.15, 0.2) is 42.6 Å². The lowest BCUT2D eigenvalue weighted by Gasteiger charge is -2.28. The Morgan fingerprint density at radius 2 is 2.05 bits per heavy atom. The maximum Gasteiger partial charge on any atom is 0.416 e. The fourth-order valence-electron chi connectivity index (χ4n) is 2.52. The maximum atomic E-state index is 12.8. The van der Waals surface area contributed by atoms with Crippen LogP contribution >= 0.6 is 0 Å². The van der Waals surface area contributed by atoms with Gasteiger partial charge < -0.3 is 4.74 Å². The molecule has 0 saturated heterocycles. The molecule has 1 aromatic carbocycles. The molecular formula is C16H11F3N2O. The minimum Gasteiger partial charge on any atom is -0.484 e. The van der Waals surface area contributed by atoms with Crippen molar-refractivity contribution < 1.29 is 17.9 Å². The number of alkyl halides is 3. The topological polar surface area (TPSA) is 45.9 Å². The molecule has 1 aliphatic heterocycles. The predicted octanol–water partition coefficient (Wildman–Crippen LogP) is 4.23. The normalized spacial score (nSPS) is 20.6. The third-order valence-electron chi connectivity index (χ3n) is 3.59. The SMILES string of the molecule is N#CC1CC(c2cccc(C(F)(F)F)c2)Oc2cccnc21. The minimum absolute atomic E-state index is 0.280. The Balaban J connectivity index is 1.96. The van der Waals surface area contributed by atoms with Gasteiger partial charge >= 0.3 is 6.18 Å². The number of fused-ring (bicyclic) bond motifs is 1. The van der Waals surface area contributed by atoms with Crippen LogP contribution in [-0.2, 0) is 6.18 Å². The lowest BCUT2D eigenvalue weighted by molar-refractivity contribution is -0.137. The molecule has 0 spiro atoms. The van der Waals surface area contributed by atoms with Crippen LogP contribution in [0.1, 0.15) is 35.3 Å². The van der Waals surface area contributed by atoms with Crippen LogP contribution in [-0.4, -0.2) is 4.98 Å². The third kappa shape index (κ3) is 2.62. The fraction of sp³-hybridized carbons (Fsp3) is 0.250. The molecular weight excluding hydrogens is 293 g/mol. The Morgan fingerprint density at radius 1 is 1.23 bits per heavy atom. The molecule has 0 saturated carbocycles. The van der Waals surface area contributed by atoms with Crippen LogP contribution in [0.2, 0.25) is 0 Å². The molecule has 3 rings (SSSR count). The van der Waals surface area contributed by atoms with Crippen molar-refractivity contribution in [3.63, 3.8) is 0 Å². The van der Waals surface area contributed by atoms with Crippen LogP contribution in [0.3, 0.4) is 0 Å². The van der Waals surface area contributed by atoms with Crippen molar-refractivity contribution >= 4 is 0 Å². The molecule has 2 heterocycles. The van der Waals surface area contributed by atoms with E-state index in [4.69, 9.17) is 4.74 Å². The first-order chi connectivity index (χ1) is 10.5. The monoisotopic (exact) mass is 304 g/mol. The van der Waals surface area contributed by atoms with E-state index in [-0.39, 0.29) is 6.42 Å². The smallest absolute Gasteiger partial charge is 0.416 e. The van der Waals surface area contributed by atoms with Crippen LogP contribution in [0.4, 0.5) is 13.2 Å². The first kappa shape index (κ1) is 14.4. The number of halogens is 3. The average Bonchev–Trinajstić information content (AvgIpc) is 2.53. The van der Waals surface area contributed by atoms with Crippen molar-refractivity contribution in [2.75, 3.05) is 0 Å². The van der Waals surface area contributed by atoms with E-state index in [9.17, 15) is 18.4 Å². The van der Waals surface area contributed by atoms with Gasteiger partial charge in [0.2, 0.25) is 0 Å². The summed E-state index contributed by atoms with van der Waals surface area (Å²) >= 11 is 0. The van der Waals surface area contributed by atoms with Gasteiger partial charge in [-0.2, -0.15) is 18.4 Å². The molecule has 2 atom stereocenters. The van der Waals surface area contributed by atoms with E-state index in [1.807, 2.05) is 0 Å². The van der Waals surface area contributed by atoms with Gasteiger partial charge in [0, 0.05) is 12.6 Å². The standard InChI is InChI=1S/C16H11F3N2O/c17-16(18,19)12-4-1-3-10(7-12)14-8-11(9-20)15-13(22-14)5-2-6-21-15/h1-7,11,14H,8H2. The van der Waals surface area contributed by atoms with Crippen molar-refractivity contribution in [2.24, 2.45) is 0 Å². The second-order valence-electron chi connectivity index (χ2n) is 5.03. The molecule has 112 valence electrons. The van der Waals surface area contributed by atoms with Gasteiger partial charge in [-0.05, 0) is 29.8 Å². The summed E-state index contributed by atoms with van der Waals surface area (Å²) in [5.41, 5.74) is 0.219. The highest BCUT2D eigenvalue weighted by Crippen LogP contribution is 2.41. The maximum absolute atomic E-state index is 12.8. The van der Waals surface area contributed by atoms with Gasteiger partial charge in [-0.3, -0.25) is 4.98 Å². The summed E-state index contributed by atoms with van der Waals surface area (Å²) in [5, 5.41) is 9.26. The van der Waals surface area contributed by atoms with Crippen molar-refractivity contribution in [1.82, 2.24) is 4.98 Å². The third-order valence-corrected chi connectivity index (χ3v) is 3.59. The van der Waals surface area contributed by atoms with Gasteiger partial charge in [-0.15, -0.1) is 0 Å². The fourth-order valence-corrected chi connectivity index (χ4v) is 2.52. The summed E-state index contributed by atoms with van der Waals surface area (Å²) in [6.07, 6.45) is -3.15. The van der Waals surface area contributed by atoms with Gasteiger partial charge in [0.1, 0.15) is 11.9 Å². The summed E-state index contributed by atoms with van der Waals surface area (Å²) in [5.74, 6) is -0.0489. The minimum atomic E-state index is -4.40. The van der Waals surface area contributed by atoms with E-state index in [0.717, 1.165) is 12.1 Å². The highest BCUT2D eigenvalue weighted by atomic mass is 19.4. The predicted molar refractivity (Wildman–Crippen MR) is 72.0 cm³/mol. The van der Waals surface area contributed by atoms with E-state index >= 15 is 0 Å². The number of rotatable bonds is 1. The highest BCUT2D eigenvalue weighted by molar-refractivity contribution is 5.38. The largest absolute Gasteiger partial charge is 0.484 e. The second kappa shape index (κ2) is 5.34. The van der Waals surface area contributed by atoms with Gasteiger partial charge in [0.05, 0.1) is 23.2 Å². The summed E-state index contributed by atoms with van der Waals surface area (Å²) in [6.45, 7) is 0. The molecule has 2 unspecified atom stereocenters. The zero-order chi connectivity index (χ0) is 15.7. The average molecular weight is 304 g/mol. The molecule has 0 aliphatic carbocycles. The van der Waals surface area contributed by atoms with E-state index in [2.05, 4.69) is 11.1 Å². The van der Waals surface area contributed by atoms with Gasteiger partial charge in [-0.1, -0.05) is 12.1 Å². The number of nitrogens with zero attached hydrogens (tertiary/aromatic N) is 2. The number of hydrogen-bond acceptors (Lipinski definition) is 3. The van der Waals surface area contributed by atoms with Crippen LogP contribution in [0.5, 0.6) is 5.75 Å². The zero-order valence-corrected chi connectivity index (χ0v) is 11.3. The van der Waals surface area contributed by atoms with Crippen molar-refractivity contribution in [2.45, 2.75) is 24.6 Å². The summed E-state index contributed by atoms with van der Waals surface area (Å²) < 4.78 is 44.2. The lowest BCUT2D eigenvalue weighted by atomic mass is 9.91. The van der Waals surface area contributed by atoms with E-state index in [1.165, 1.54) is 6.07 Å². The second-order valence-corrected chi connectivity index (χ2v) is 5.03. The molecule has 3 nitrogen and oxygen atoms in total. The van der Waals surface area contributed by atoms with Gasteiger partial charge in [-0.25, -0.2) is 0 Å². The van der Waals surface area contributed by atoms with Crippen LogP contribution < -0.4 is 4.74 Å². The number of nitriles is 1. The Hall–Kier alpha value is -2.55.